The molecule has 0 radical (unpaired) electrons. The fourth-order valence-electron chi connectivity index (χ4n) is 3.95. The van der Waals surface area contributed by atoms with Gasteiger partial charge in [-0.1, -0.05) is 0 Å². The summed E-state index contributed by atoms with van der Waals surface area (Å²) in [6.07, 6.45) is 1.97. The second-order valence-electron chi connectivity index (χ2n) is 7.49. The molecule has 3 heterocycles. The van der Waals surface area contributed by atoms with Crippen LogP contribution in [-0.2, 0) is 0 Å². The number of likely N-dealkylation sites (tertiary alicyclic amines) is 1. The molecule has 0 bridgehead atoms. The Kier molecular flexibility index (Phi) is 3.39. The summed E-state index contributed by atoms with van der Waals surface area (Å²) in [5.74, 6) is 1.01. The van der Waals surface area contributed by atoms with Gasteiger partial charge in [0.25, 0.3) is 5.91 Å². The lowest BCUT2D eigenvalue weighted by Crippen LogP contribution is -2.34. The lowest BCUT2D eigenvalue weighted by molar-refractivity contribution is 0.0126. The molecule has 4 rings (SSSR count). The maximum atomic E-state index is 12.7. The van der Waals surface area contributed by atoms with Crippen LogP contribution < -0.4 is 4.74 Å². The molecule has 1 aromatic heterocycles. The molecular weight excluding hydrogens is 306 g/mol. The van der Waals surface area contributed by atoms with Gasteiger partial charge in [0.2, 0.25) is 0 Å². The van der Waals surface area contributed by atoms with Crippen molar-refractivity contribution in [2.45, 2.75) is 51.7 Å². The number of rotatable bonds is 1. The van der Waals surface area contributed by atoms with Crippen molar-refractivity contribution < 1.29 is 19.1 Å². The Morgan fingerprint density at radius 2 is 2.00 bits per heavy atom. The number of carbonyl (C=O) groups is 1. The number of carbonyl (C=O) groups excluding carboxylic acids is 1. The van der Waals surface area contributed by atoms with Crippen LogP contribution in [-0.4, -0.2) is 34.6 Å². The van der Waals surface area contributed by atoms with E-state index in [9.17, 15) is 9.90 Å². The Morgan fingerprint density at radius 3 is 2.71 bits per heavy atom. The number of aliphatic hydroxyl groups excluding tert-OH is 1. The number of aryl methyl sites for hydroxylation is 1. The predicted octanol–water partition coefficient (Wildman–Crippen LogP) is 3.57. The van der Waals surface area contributed by atoms with E-state index in [0.29, 0.717) is 23.5 Å². The monoisotopic (exact) mass is 329 g/mol. The molecular formula is C19H23NO4. The van der Waals surface area contributed by atoms with Gasteiger partial charge in [0.05, 0.1) is 6.10 Å². The largest absolute Gasteiger partial charge is 0.487 e. The van der Waals surface area contributed by atoms with Crippen molar-refractivity contribution in [1.29, 1.82) is 0 Å². The molecule has 0 saturated carbocycles. The van der Waals surface area contributed by atoms with Gasteiger partial charge in [0, 0.05) is 36.0 Å². The van der Waals surface area contributed by atoms with Crippen LogP contribution >= 0.6 is 0 Å². The number of ether oxygens (including phenoxy) is 1. The molecule has 128 valence electrons. The number of benzene rings is 1. The van der Waals surface area contributed by atoms with E-state index in [1.165, 1.54) is 0 Å². The van der Waals surface area contributed by atoms with Gasteiger partial charge >= 0.3 is 0 Å². The third-order valence-electron chi connectivity index (χ3n) is 5.09. The molecule has 24 heavy (non-hydrogen) atoms. The first kappa shape index (κ1) is 15.5. The summed E-state index contributed by atoms with van der Waals surface area (Å²) >= 11 is 0. The predicted molar refractivity (Wildman–Crippen MR) is 90.4 cm³/mol. The Hall–Kier alpha value is -2.01. The average molecular weight is 329 g/mol. The SMILES string of the molecule is Cc1c(C(=O)N2CCCC2)oc2ccc3c(c12)[C@@H](O)CC(C)(C)O3. The minimum Gasteiger partial charge on any atom is -0.487 e. The molecule has 1 N–H and O–H groups in total. The standard InChI is InChI=1S/C19H23NO4/c1-11-15-13(23-17(11)18(22)20-8-4-5-9-20)6-7-14-16(15)12(21)10-19(2,3)24-14/h6-7,12,21H,4-5,8-10H2,1-3H3/t12-/m0/s1. The van der Waals surface area contributed by atoms with Crippen molar-refractivity contribution in [3.8, 4) is 5.75 Å². The molecule has 0 unspecified atom stereocenters. The molecule has 1 atom stereocenters. The third kappa shape index (κ3) is 2.30. The summed E-state index contributed by atoms with van der Waals surface area (Å²) < 4.78 is 11.9. The van der Waals surface area contributed by atoms with Crippen LogP contribution in [0, 0.1) is 6.92 Å². The topological polar surface area (TPSA) is 62.9 Å². The number of hydrogen-bond acceptors (Lipinski definition) is 4. The number of nitrogens with zero attached hydrogens (tertiary/aromatic N) is 1. The maximum absolute atomic E-state index is 12.7. The van der Waals surface area contributed by atoms with Gasteiger partial charge in [-0.15, -0.1) is 0 Å². The summed E-state index contributed by atoms with van der Waals surface area (Å²) in [7, 11) is 0. The zero-order chi connectivity index (χ0) is 17.1. The van der Waals surface area contributed by atoms with Crippen molar-refractivity contribution in [3.05, 3.63) is 29.0 Å². The fourth-order valence-corrected chi connectivity index (χ4v) is 3.95. The van der Waals surface area contributed by atoms with Crippen molar-refractivity contribution in [1.82, 2.24) is 4.90 Å². The van der Waals surface area contributed by atoms with Gasteiger partial charge in [-0.05, 0) is 45.7 Å². The molecule has 1 fully saturated rings. The van der Waals surface area contributed by atoms with E-state index in [0.717, 1.165) is 42.4 Å². The third-order valence-corrected chi connectivity index (χ3v) is 5.09. The van der Waals surface area contributed by atoms with E-state index in [1.807, 2.05) is 37.8 Å². The lowest BCUT2D eigenvalue weighted by Gasteiger charge is -2.35. The van der Waals surface area contributed by atoms with Crippen LogP contribution in [0.4, 0.5) is 0 Å². The molecule has 0 aliphatic carbocycles. The first-order valence-electron chi connectivity index (χ1n) is 8.60. The number of hydrogen-bond donors (Lipinski definition) is 1. The highest BCUT2D eigenvalue weighted by Gasteiger charge is 2.36. The Balaban J connectivity index is 1.85. The van der Waals surface area contributed by atoms with E-state index in [4.69, 9.17) is 9.15 Å². The van der Waals surface area contributed by atoms with Gasteiger partial charge in [-0.25, -0.2) is 0 Å². The molecule has 1 amide bonds. The molecule has 2 aliphatic heterocycles. The summed E-state index contributed by atoms with van der Waals surface area (Å²) in [4.78, 5) is 14.6. The maximum Gasteiger partial charge on any atom is 0.289 e. The van der Waals surface area contributed by atoms with Crippen molar-refractivity contribution >= 4 is 16.9 Å². The number of amides is 1. The van der Waals surface area contributed by atoms with Crippen LogP contribution in [0.2, 0.25) is 0 Å². The first-order valence-corrected chi connectivity index (χ1v) is 8.60. The molecule has 5 nitrogen and oxygen atoms in total. The Labute approximate surface area is 141 Å². The van der Waals surface area contributed by atoms with Gasteiger partial charge in [-0.2, -0.15) is 0 Å². The van der Waals surface area contributed by atoms with Crippen LogP contribution in [0.3, 0.4) is 0 Å². The van der Waals surface area contributed by atoms with E-state index >= 15 is 0 Å². The fraction of sp³-hybridized carbons (Fsp3) is 0.526. The number of aliphatic hydroxyl groups is 1. The van der Waals surface area contributed by atoms with E-state index in [1.54, 1.807) is 0 Å². The highest BCUT2D eigenvalue weighted by atomic mass is 16.5. The van der Waals surface area contributed by atoms with Crippen LogP contribution in [0.1, 0.15) is 60.9 Å². The first-order chi connectivity index (χ1) is 11.4. The van der Waals surface area contributed by atoms with Crippen LogP contribution in [0.25, 0.3) is 11.0 Å². The molecule has 0 spiro atoms. The minimum atomic E-state index is -0.626. The van der Waals surface area contributed by atoms with Gasteiger partial charge in [-0.3, -0.25) is 4.79 Å². The summed E-state index contributed by atoms with van der Waals surface area (Å²) in [5, 5.41) is 11.5. The molecule has 5 heteroatoms. The molecule has 2 aliphatic rings. The zero-order valence-electron chi connectivity index (χ0n) is 14.4. The zero-order valence-corrected chi connectivity index (χ0v) is 14.4. The average Bonchev–Trinajstić information content (AvgIpc) is 3.14. The second kappa shape index (κ2) is 5.24. The van der Waals surface area contributed by atoms with Gasteiger partial charge in [0.15, 0.2) is 5.76 Å². The minimum absolute atomic E-state index is 0.0542. The Morgan fingerprint density at radius 1 is 1.29 bits per heavy atom. The van der Waals surface area contributed by atoms with Crippen LogP contribution in [0.15, 0.2) is 16.5 Å². The van der Waals surface area contributed by atoms with Crippen molar-refractivity contribution in [2.24, 2.45) is 0 Å². The van der Waals surface area contributed by atoms with Crippen molar-refractivity contribution in [2.75, 3.05) is 13.1 Å². The van der Waals surface area contributed by atoms with Crippen LogP contribution in [0.5, 0.6) is 5.75 Å². The quantitative estimate of drug-likeness (QED) is 0.869. The Bertz CT molecular complexity index is 814. The van der Waals surface area contributed by atoms with E-state index in [2.05, 4.69) is 0 Å². The normalized spacial score (nSPS) is 22.5. The summed E-state index contributed by atoms with van der Waals surface area (Å²) in [6, 6.07) is 3.66. The van der Waals surface area contributed by atoms with Crippen molar-refractivity contribution in [3.63, 3.8) is 0 Å². The smallest absolute Gasteiger partial charge is 0.289 e. The highest BCUT2D eigenvalue weighted by Crippen LogP contribution is 2.45. The second-order valence-corrected chi connectivity index (χ2v) is 7.49. The molecule has 2 aromatic rings. The lowest BCUT2D eigenvalue weighted by atomic mass is 9.89. The number of furan rings is 1. The summed E-state index contributed by atoms with van der Waals surface area (Å²) in [5.41, 5.74) is 1.76. The summed E-state index contributed by atoms with van der Waals surface area (Å²) in [6.45, 7) is 7.39. The highest BCUT2D eigenvalue weighted by molar-refractivity contribution is 6.00. The van der Waals surface area contributed by atoms with E-state index < -0.39 is 11.7 Å². The number of fused-ring (bicyclic) bond motifs is 3. The molecule has 1 aromatic carbocycles. The van der Waals surface area contributed by atoms with Gasteiger partial charge in [0.1, 0.15) is 16.9 Å². The molecule has 1 saturated heterocycles. The van der Waals surface area contributed by atoms with Gasteiger partial charge < -0.3 is 19.2 Å². The van der Waals surface area contributed by atoms with E-state index in [-0.39, 0.29) is 5.91 Å².